The number of piperidine rings is 1. The van der Waals surface area contributed by atoms with Crippen LogP contribution >= 0.6 is 0 Å². The minimum Gasteiger partial charge on any atom is -0.371 e. The third kappa shape index (κ3) is 2.48. The first-order chi connectivity index (χ1) is 7.29. The van der Waals surface area contributed by atoms with Crippen molar-refractivity contribution in [2.75, 3.05) is 18.0 Å². The number of halogens is 1. The SMILES string of the molecule is NCc1cccc(N2CCC(F)CC2)c1. The van der Waals surface area contributed by atoms with Crippen molar-refractivity contribution in [2.24, 2.45) is 5.73 Å². The fraction of sp³-hybridized carbons (Fsp3) is 0.500. The van der Waals surface area contributed by atoms with Crippen molar-refractivity contribution in [3.05, 3.63) is 29.8 Å². The largest absolute Gasteiger partial charge is 0.371 e. The summed E-state index contributed by atoms with van der Waals surface area (Å²) in [4.78, 5) is 2.23. The summed E-state index contributed by atoms with van der Waals surface area (Å²) < 4.78 is 13.0. The highest BCUT2D eigenvalue weighted by molar-refractivity contribution is 5.48. The van der Waals surface area contributed by atoms with Gasteiger partial charge < -0.3 is 10.6 Å². The van der Waals surface area contributed by atoms with Gasteiger partial charge >= 0.3 is 0 Å². The number of hydrogen-bond donors (Lipinski definition) is 1. The Bertz CT molecular complexity index is 319. The second-order valence-corrected chi connectivity index (χ2v) is 4.04. The molecule has 0 spiro atoms. The molecule has 1 aromatic rings. The molecule has 0 saturated carbocycles. The van der Waals surface area contributed by atoms with Gasteiger partial charge in [0.1, 0.15) is 6.17 Å². The zero-order valence-electron chi connectivity index (χ0n) is 8.82. The Hall–Kier alpha value is -1.09. The van der Waals surface area contributed by atoms with E-state index in [-0.39, 0.29) is 0 Å². The maximum atomic E-state index is 13.0. The quantitative estimate of drug-likeness (QED) is 0.806. The van der Waals surface area contributed by atoms with Crippen LogP contribution in [-0.4, -0.2) is 19.3 Å². The van der Waals surface area contributed by atoms with Crippen LogP contribution in [0.1, 0.15) is 18.4 Å². The van der Waals surface area contributed by atoms with Gasteiger partial charge in [0.05, 0.1) is 0 Å². The van der Waals surface area contributed by atoms with Gasteiger partial charge in [0.25, 0.3) is 0 Å². The molecule has 82 valence electrons. The van der Waals surface area contributed by atoms with Gasteiger partial charge in [-0.2, -0.15) is 0 Å². The Morgan fingerprint density at radius 2 is 2.07 bits per heavy atom. The number of rotatable bonds is 2. The second kappa shape index (κ2) is 4.62. The number of hydrogen-bond acceptors (Lipinski definition) is 2. The summed E-state index contributed by atoms with van der Waals surface area (Å²) in [6.07, 6.45) is 0.679. The van der Waals surface area contributed by atoms with Crippen LogP contribution in [0, 0.1) is 0 Å². The van der Waals surface area contributed by atoms with E-state index in [0.717, 1.165) is 18.7 Å². The number of alkyl halides is 1. The summed E-state index contributed by atoms with van der Waals surface area (Å²) >= 11 is 0. The normalized spacial score (nSPS) is 18.1. The molecule has 0 aromatic heterocycles. The summed E-state index contributed by atoms with van der Waals surface area (Å²) in [6, 6.07) is 8.20. The molecule has 1 fully saturated rings. The first kappa shape index (κ1) is 10.4. The molecule has 2 rings (SSSR count). The molecular weight excluding hydrogens is 191 g/mol. The molecule has 1 saturated heterocycles. The molecule has 0 atom stereocenters. The lowest BCUT2D eigenvalue weighted by atomic mass is 10.1. The predicted molar refractivity (Wildman–Crippen MR) is 60.7 cm³/mol. The van der Waals surface area contributed by atoms with Crippen LogP contribution in [0.5, 0.6) is 0 Å². The fourth-order valence-corrected chi connectivity index (χ4v) is 1.99. The number of benzene rings is 1. The van der Waals surface area contributed by atoms with Gasteiger partial charge in [0.2, 0.25) is 0 Å². The van der Waals surface area contributed by atoms with Gasteiger partial charge in [-0.15, -0.1) is 0 Å². The van der Waals surface area contributed by atoms with Crippen molar-refractivity contribution in [3.63, 3.8) is 0 Å². The van der Waals surface area contributed by atoms with Crippen molar-refractivity contribution < 1.29 is 4.39 Å². The zero-order valence-corrected chi connectivity index (χ0v) is 8.82. The monoisotopic (exact) mass is 208 g/mol. The smallest absolute Gasteiger partial charge is 0.103 e. The Labute approximate surface area is 89.9 Å². The van der Waals surface area contributed by atoms with E-state index in [4.69, 9.17) is 5.73 Å². The molecule has 0 radical (unpaired) electrons. The summed E-state index contributed by atoms with van der Waals surface area (Å²) in [5.74, 6) is 0. The average molecular weight is 208 g/mol. The summed E-state index contributed by atoms with van der Waals surface area (Å²) in [6.45, 7) is 2.19. The molecule has 2 nitrogen and oxygen atoms in total. The molecule has 3 heteroatoms. The Morgan fingerprint density at radius 3 is 2.73 bits per heavy atom. The minimum absolute atomic E-state index is 0.563. The van der Waals surface area contributed by atoms with E-state index >= 15 is 0 Å². The molecule has 1 aromatic carbocycles. The lowest BCUT2D eigenvalue weighted by Crippen LogP contribution is -2.34. The van der Waals surface area contributed by atoms with Gasteiger partial charge in [-0.05, 0) is 30.5 Å². The second-order valence-electron chi connectivity index (χ2n) is 4.04. The molecule has 0 aliphatic carbocycles. The standard InChI is InChI=1S/C12H17FN2/c13-11-4-6-15(7-5-11)12-3-1-2-10(8-12)9-14/h1-3,8,11H,4-7,9,14H2. The summed E-state index contributed by atoms with van der Waals surface area (Å²) in [7, 11) is 0. The van der Waals surface area contributed by atoms with Crippen LogP contribution in [0.4, 0.5) is 10.1 Å². The highest BCUT2D eigenvalue weighted by Crippen LogP contribution is 2.22. The van der Waals surface area contributed by atoms with Crippen molar-refractivity contribution in [2.45, 2.75) is 25.6 Å². The number of nitrogens with zero attached hydrogens (tertiary/aromatic N) is 1. The van der Waals surface area contributed by atoms with Crippen molar-refractivity contribution in [1.29, 1.82) is 0 Å². The highest BCUT2D eigenvalue weighted by Gasteiger charge is 2.18. The molecule has 0 unspecified atom stereocenters. The first-order valence-electron chi connectivity index (χ1n) is 5.47. The first-order valence-corrected chi connectivity index (χ1v) is 5.47. The minimum atomic E-state index is -0.612. The molecule has 1 aliphatic rings. The van der Waals surface area contributed by atoms with Crippen molar-refractivity contribution in [1.82, 2.24) is 0 Å². The number of anilines is 1. The summed E-state index contributed by atoms with van der Waals surface area (Å²) in [5, 5.41) is 0. The molecule has 15 heavy (non-hydrogen) atoms. The van der Waals surface area contributed by atoms with Crippen LogP contribution in [0.2, 0.25) is 0 Å². The van der Waals surface area contributed by atoms with Crippen LogP contribution in [-0.2, 0) is 6.54 Å². The third-order valence-corrected chi connectivity index (χ3v) is 2.94. The third-order valence-electron chi connectivity index (χ3n) is 2.94. The maximum Gasteiger partial charge on any atom is 0.103 e. The van der Waals surface area contributed by atoms with Crippen LogP contribution < -0.4 is 10.6 Å². The van der Waals surface area contributed by atoms with Gasteiger partial charge in [0.15, 0.2) is 0 Å². The molecule has 1 aliphatic heterocycles. The molecular formula is C12H17FN2. The molecule has 0 bridgehead atoms. The van der Waals surface area contributed by atoms with E-state index in [1.807, 2.05) is 12.1 Å². The van der Waals surface area contributed by atoms with E-state index in [1.165, 1.54) is 5.69 Å². The van der Waals surface area contributed by atoms with Crippen LogP contribution in [0.15, 0.2) is 24.3 Å². The van der Waals surface area contributed by atoms with Gasteiger partial charge in [-0.25, -0.2) is 4.39 Å². The average Bonchev–Trinajstić information content (AvgIpc) is 2.30. The topological polar surface area (TPSA) is 29.3 Å². The lowest BCUT2D eigenvalue weighted by molar-refractivity contribution is 0.277. The Kier molecular flexibility index (Phi) is 3.21. The van der Waals surface area contributed by atoms with Crippen molar-refractivity contribution >= 4 is 5.69 Å². The van der Waals surface area contributed by atoms with E-state index in [2.05, 4.69) is 17.0 Å². The van der Waals surface area contributed by atoms with Crippen molar-refractivity contribution in [3.8, 4) is 0 Å². The molecule has 0 amide bonds. The molecule has 1 heterocycles. The van der Waals surface area contributed by atoms with Crippen LogP contribution in [0.25, 0.3) is 0 Å². The van der Waals surface area contributed by atoms with Gasteiger partial charge in [-0.3, -0.25) is 0 Å². The van der Waals surface area contributed by atoms with E-state index in [1.54, 1.807) is 0 Å². The number of nitrogens with two attached hydrogens (primary N) is 1. The maximum absolute atomic E-state index is 13.0. The van der Waals surface area contributed by atoms with Gasteiger partial charge in [0, 0.05) is 25.3 Å². The van der Waals surface area contributed by atoms with Crippen LogP contribution in [0.3, 0.4) is 0 Å². The van der Waals surface area contributed by atoms with E-state index in [9.17, 15) is 4.39 Å². The Morgan fingerprint density at radius 1 is 1.33 bits per heavy atom. The zero-order chi connectivity index (χ0) is 10.7. The van der Waals surface area contributed by atoms with Gasteiger partial charge in [-0.1, -0.05) is 12.1 Å². The summed E-state index contributed by atoms with van der Waals surface area (Å²) in [5.41, 5.74) is 7.90. The van der Waals surface area contributed by atoms with E-state index < -0.39 is 6.17 Å². The Balaban J connectivity index is 2.08. The fourth-order valence-electron chi connectivity index (χ4n) is 1.99. The highest BCUT2D eigenvalue weighted by atomic mass is 19.1. The lowest BCUT2D eigenvalue weighted by Gasteiger charge is -2.30. The predicted octanol–water partition coefficient (Wildman–Crippen LogP) is 2.08. The molecule has 2 N–H and O–H groups in total. The van der Waals surface area contributed by atoms with E-state index in [0.29, 0.717) is 19.4 Å².